The van der Waals surface area contributed by atoms with Crippen LogP contribution >= 0.6 is 0 Å². The van der Waals surface area contributed by atoms with Crippen LogP contribution in [-0.2, 0) is 13.1 Å². The number of carbonyl (C=O) groups excluding carboxylic acids is 4. The van der Waals surface area contributed by atoms with Crippen molar-refractivity contribution in [1.82, 2.24) is 35.4 Å². The van der Waals surface area contributed by atoms with Crippen LogP contribution in [0.4, 0.5) is 0 Å². The second-order valence-corrected chi connectivity index (χ2v) is 13.3. The SMILES string of the molecule is O=C(NC(CCCNC(=O)c1[nH]ccc(=O)c1O)(CCCNC(=O)c1c(O)c(=O)ccn1CCO)CCCNC(=O)c1c(O)c(=O)ccn1CCO)c1ccccc1. The Kier molecular flexibility index (Phi) is 15.9. The Morgan fingerprint density at radius 3 is 1.50 bits per heavy atom. The molecule has 19 nitrogen and oxygen atoms in total. The average molecular weight is 806 g/mol. The van der Waals surface area contributed by atoms with Crippen molar-refractivity contribution in [3.63, 3.8) is 0 Å². The molecule has 0 saturated carbocycles. The van der Waals surface area contributed by atoms with Crippen LogP contribution in [0.15, 0.2) is 81.5 Å². The molecule has 0 spiro atoms. The minimum Gasteiger partial charge on any atom is -0.503 e. The second kappa shape index (κ2) is 21.0. The first-order chi connectivity index (χ1) is 27.8. The van der Waals surface area contributed by atoms with Crippen LogP contribution in [0.25, 0.3) is 0 Å². The summed E-state index contributed by atoms with van der Waals surface area (Å²) in [4.78, 5) is 91.5. The van der Waals surface area contributed by atoms with E-state index in [1.165, 1.54) is 27.7 Å². The maximum Gasteiger partial charge on any atom is 0.271 e. The lowest BCUT2D eigenvalue weighted by Crippen LogP contribution is -2.50. The summed E-state index contributed by atoms with van der Waals surface area (Å²) in [6, 6.07) is 11.5. The third kappa shape index (κ3) is 11.4. The molecule has 3 heterocycles. The molecule has 0 fully saturated rings. The topological polar surface area (TPSA) is 294 Å². The highest BCUT2D eigenvalue weighted by Crippen LogP contribution is 2.27. The zero-order chi connectivity index (χ0) is 42.2. The molecule has 0 unspecified atom stereocenters. The number of aliphatic hydroxyl groups excluding tert-OH is 2. The van der Waals surface area contributed by atoms with Crippen molar-refractivity contribution in [3.8, 4) is 17.2 Å². The van der Waals surface area contributed by atoms with E-state index in [1.54, 1.807) is 30.3 Å². The van der Waals surface area contributed by atoms with E-state index < -0.39 is 62.7 Å². The number of aromatic nitrogens is 3. The highest BCUT2D eigenvalue weighted by Gasteiger charge is 2.32. The standard InChI is InChI=1S/C39H47N7O12/c47-23-21-45-19-10-27(50)33(53)30(45)37(57)42-16-5-13-39(44-35(55)25-7-2-1-3-8-25,12-4-15-41-36(56)29-32(52)26(49)9-18-40-29)14-6-17-43-38(58)31-34(54)28(51)11-20-46(31)22-24-48/h1-3,7-11,18-20,47-48,52-54H,4-6,12-17,21-24H2,(H,40,49)(H,41,56)(H,42,57)(H,43,58)(H,44,55). The first-order valence-electron chi connectivity index (χ1n) is 18.5. The van der Waals surface area contributed by atoms with Gasteiger partial charge in [-0.05, 0) is 50.7 Å². The third-order valence-corrected chi connectivity index (χ3v) is 9.34. The first-order valence-corrected chi connectivity index (χ1v) is 18.5. The molecule has 3 aromatic heterocycles. The number of rotatable bonds is 21. The van der Waals surface area contributed by atoms with Gasteiger partial charge in [0.2, 0.25) is 16.3 Å². The number of hydrogen-bond donors (Lipinski definition) is 10. The Morgan fingerprint density at radius 2 is 1.03 bits per heavy atom. The molecule has 19 heteroatoms. The average Bonchev–Trinajstić information content (AvgIpc) is 3.21. The fourth-order valence-electron chi connectivity index (χ4n) is 6.44. The molecule has 1 aromatic carbocycles. The molecule has 0 bridgehead atoms. The van der Waals surface area contributed by atoms with Crippen LogP contribution in [0, 0.1) is 0 Å². The van der Waals surface area contributed by atoms with Crippen molar-refractivity contribution < 1.29 is 44.7 Å². The van der Waals surface area contributed by atoms with Gasteiger partial charge in [-0.15, -0.1) is 0 Å². The van der Waals surface area contributed by atoms with Crippen molar-refractivity contribution in [3.05, 3.63) is 120 Å². The number of nitrogens with one attached hydrogen (secondary N) is 5. The van der Waals surface area contributed by atoms with Crippen LogP contribution in [0.3, 0.4) is 0 Å². The van der Waals surface area contributed by atoms with E-state index in [0.717, 1.165) is 18.2 Å². The number of benzene rings is 1. The third-order valence-electron chi connectivity index (χ3n) is 9.34. The van der Waals surface area contributed by atoms with Gasteiger partial charge < -0.3 is 60.9 Å². The van der Waals surface area contributed by atoms with E-state index in [-0.39, 0.29) is 102 Å². The van der Waals surface area contributed by atoms with Gasteiger partial charge >= 0.3 is 0 Å². The van der Waals surface area contributed by atoms with Crippen LogP contribution in [0.5, 0.6) is 17.2 Å². The summed E-state index contributed by atoms with van der Waals surface area (Å²) in [6.45, 7) is -0.820. The molecule has 4 aromatic rings. The van der Waals surface area contributed by atoms with E-state index in [2.05, 4.69) is 26.3 Å². The smallest absolute Gasteiger partial charge is 0.271 e. The highest BCUT2D eigenvalue weighted by molar-refractivity contribution is 5.96. The molecule has 0 aliphatic heterocycles. The van der Waals surface area contributed by atoms with Gasteiger partial charge in [0.15, 0.2) is 34.3 Å². The van der Waals surface area contributed by atoms with E-state index in [4.69, 9.17) is 0 Å². The monoisotopic (exact) mass is 805 g/mol. The lowest BCUT2D eigenvalue weighted by Gasteiger charge is -2.36. The molecule has 310 valence electrons. The van der Waals surface area contributed by atoms with Gasteiger partial charge in [0.05, 0.1) is 13.2 Å². The Morgan fingerprint density at radius 1 is 0.586 bits per heavy atom. The molecule has 0 aliphatic carbocycles. The molecule has 0 saturated heterocycles. The van der Waals surface area contributed by atoms with Gasteiger partial charge in [-0.3, -0.25) is 33.6 Å². The lowest BCUT2D eigenvalue weighted by atomic mass is 9.83. The fraction of sp³-hybridized carbons (Fsp3) is 0.359. The summed E-state index contributed by atoms with van der Waals surface area (Å²) in [5.74, 6) is -5.05. The number of amides is 4. The van der Waals surface area contributed by atoms with Crippen molar-refractivity contribution in [2.24, 2.45) is 0 Å². The Bertz CT molecular complexity index is 2160. The predicted molar refractivity (Wildman–Crippen MR) is 209 cm³/mol. The summed E-state index contributed by atoms with van der Waals surface area (Å²) >= 11 is 0. The van der Waals surface area contributed by atoms with E-state index in [1.807, 2.05) is 0 Å². The Labute approximate surface area is 331 Å². The molecule has 10 N–H and O–H groups in total. The van der Waals surface area contributed by atoms with Gasteiger partial charge in [0.1, 0.15) is 0 Å². The normalized spacial score (nSPS) is 11.1. The summed E-state index contributed by atoms with van der Waals surface area (Å²) < 4.78 is 2.48. The van der Waals surface area contributed by atoms with Gasteiger partial charge in [-0.2, -0.15) is 0 Å². The van der Waals surface area contributed by atoms with E-state index in [0.29, 0.717) is 5.56 Å². The summed E-state index contributed by atoms with van der Waals surface area (Å²) in [5.41, 5.74) is -4.03. The second-order valence-electron chi connectivity index (χ2n) is 13.3. The van der Waals surface area contributed by atoms with Gasteiger partial charge in [-0.1, -0.05) is 18.2 Å². The number of nitrogens with zero attached hydrogens (tertiary/aromatic N) is 2. The maximum atomic E-state index is 13.7. The van der Waals surface area contributed by atoms with Crippen molar-refractivity contribution >= 4 is 23.6 Å². The number of aromatic amines is 1. The number of H-pyrrole nitrogens is 1. The highest BCUT2D eigenvalue weighted by atomic mass is 16.3. The van der Waals surface area contributed by atoms with E-state index in [9.17, 15) is 59.1 Å². The molecule has 0 aliphatic rings. The Balaban J connectivity index is 1.56. The first kappa shape index (κ1) is 44.0. The quantitative estimate of drug-likeness (QED) is 0.0494. The summed E-state index contributed by atoms with van der Waals surface area (Å²) in [6.07, 6.45) is 5.18. The minimum atomic E-state index is -1.06. The lowest BCUT2D eigenvalue weighted by molar-refractivity contribution is 0.0856. The zero-order valence-electron chi connectivity index (χ0n) is 31.5. The predicted octanol–water partition coefficient (Wildman–Crippen LogP) is -0.101. The molecular formula is C39H47N7O12. The number of hydrogen-bond acceptors (Lipinski definition) is 12. The van der Waals surface area contributed by atoms with Gasteiger partial charge in [0.25, 0.3) is 23.6 Å². The molecule has 4 rings (SSSR count). The Hall–Kier alpha value is -6.73. The summed E-state index contributed by atoms with van der Waals surface area (Å²) in [7, 11) is 0. The number of aliphatic hydroxyl groups is 2. The number of pyridine rings is 3. The van der Waals surface area contributed by atoms with Crippen LogP contribution in [-0.4, -0.2) is 102 Å². The van der Waals surface area contributed by atoms with Gasteiger partial charge in [-0.25, -0.2) is 0 Å². The molecule has 0 atom stereocenters. The zero-order valence-corrected chi connectivity index (χ0v) is 31.5. The van der Waals surface area contributed by atoms with Crippen molar-refractivity contribution in [2.45, 2.75) is 57.2 Å². The summed E-state index contributed by atoms with van der Waals surface area (Å²) in [5, 5.41) is 60.8. The number of carbonyl (C=O) groups is 4. The molecule has 58 heavy (non-hydrogen) atoms. The van der Waals surface area contributed by atoms with Gasteiger partial charge in [0, 0.05) is 80.6 Å². The molecular weight excluding hydrogens is 758 g/mol. The number of aromatic hydroxyl groups is 3. The van der Waals surface area contributed by atoms with Crippen LogP contribution in [0.1, 0.15) is 80.3 Å². The fourth-order valence-corrected chi connectivity index (χ4v) is 6.44. The molecule has 4 amide bonds. The van der Waals surface area contributed by atoms with Crippen LogP contribution in [0.2, 0.25) is 0 Å². The largest absolute Gasteiger partial charge is 0.503 e. The van der Waals surface area contributed by atoms with E-state index >= 15 is 0 Å². The maximum absolute atomic E-state index is 13.7. The van der Waals surface area contributed by atoms with Crippen molar-refractivity contribution in [2.75, 3.05) is 32.8 Å². The van der Waals surface area contributed by atoms with Crippen molar-refractivity contribution in [1.29, 1.82) is 0 Å². The molecule has 0 radical (unpaired) electrons. The minimum absolute atomic E-state index is 0.00717. The van der Waals surface area contributed by atoms with Crippen LogP contribution < -0.4 is 37.6 Å².